The monoisotopic (exact) mass is 645 g/mol. The summed E-state index contributed by atoms with van der Waals surface area (Å²) in [7, 11) is 0. The number of para-hydroxylation sites is 1. The lowest BCUT2D eigenvalue weighted by Gasteiger charge is -2.33. The van der Waals surface area contributed by atoms with Crippen LogP contribution in [0.15, 0.2) is 91.0 Å². The summed E-state index contributed by atoms with van der Waals surface area (Å²) >= 11 is 0. The van der Waals surface area contributed by atoms with E-state index < -0.39 is 0 Å². The third-order valence-corrected chi connectivity index (χ3v) is 9.78. The van der Waals surface area contributed by atoms with Crippen LogP contribution in [-0.2, 0) is 19.5 Å². The Bertz CT molecular complexity index is 1640. The zero-order valence-corrected chi connectivity index (χ0v) is 29.1. The maximum atomic E-state index is 13.7. The van der Waals surface area contributed by atoms with Crippen molar-refractivity contribution in [2.24, 2.45) is 0 Å². The van der Waals surface area contributed by atoms with Crippen LogP contribution in [0.1, 0.15) is 91.9 Å². The van der Waals surface area contributed by atoms with Crippen molar-refractivity contribution >= 4 is 17.3 Å². The molecule has 0 aliphatic carbocycles. The molecule has 1 N–H and O–H groups in total. The smallest absolute Gasteiger partial charge is 0.258 e. The molecule has 1 saturated heterocycles. The minimum Gasteiger partial charge on any atom is -0.491 e. The quantitative estimate of drug-likeness (QED) is 0.157. The molecule has 0 atom stereocenters. The van der Waals surface area contributed by atoms with Gasteiger partial charge in [0, 0.05) is 36.6 Å². The molecule has 2 aliphatic rings. The maximum Gasteiger partial charge on any atom is 0.258 e. The summed E-state index contributed by atoms with van der Waals surface area (Å²) in [6.07, 6.45) is 5.58. The number of anilines is 2. The van der Waals surface area contributed by atoms with Crippen molar-refractivity contribution in [1.82, 2.24) is 4.90 Å². The molecule has 6 nitrogen and oxygen atoms in total. The van der Waals surface area contributed by atoms with Gasteiger partial charge in [-0.1, -0.05) is 62.4 Å². The summed E-state index contributed by atoms with van der Waals surface area (Å²) in [4.78, 5) is 18.2. The van der Waals surface area contributed by atoms with Gasteiger partial charge in [0.05, 0.1) is 12.2 Å². The second-order valence-electron chi connectivity index (χ2n) is 13.6. The van der Waals surface area contributed by atoms with Gasteiger partial charge < -0.3 is 19.7 Å². The van der Waals surface area contributed by atoms with E-state index in [1.807, 2.05) is 17.0 Å². The molecule has 48 heavy (non-hydrogen) atoms. The molecular weight excluding hydrogens is 594 g/mol. The average molecular weight is 646 g/mol. The molecular formula is C42H51N3O3. The first-order valence-electron chi connectivity index (χ1n) is 17.9. The van der Waals surface area contributed by atoms with Gasteiger partial charge in [0.1, 0.15) is 11.5 Å². The molecule has 0 saturated carbocycles. The highest BCUT2D eigenvalue weighted by atomic mass is 16.5. The molecule has 4 aromatic carbocycles. The van der Waals surface area contributed by atoms with Crippen LogP contribution in [0, 0.1) is 0 Å². The lowest BCUT2D eigenvalue weighted by molar-refractivity contribution is 0.0989. The maximum absolute atomic E-state index is 13.7. The number of carbonyl (C=O) groups is 1. The first-order valence-corrected chi connectivity index (χ1v) is 17.9. The molecule has 6 heteroatoms. The average Bonchev–Trinajstić information content (AvgIpc) is 3.54. The Balaban J connectivity index is 1.02. The van der Waals surface area contributed by atoms with E-state index in [1.54, 1.807) is 0 Å². The van der Waals surface area contributed by atoms with Gasteiger partial charge in [-0.3, -0.25) is 9.69 Å². The number of amides is 1. The summed E-state index contributed by atoms with van der Waals surface area (Å²) < 4.78 is 12.2. The number of benzene rings is 4. The second kappa shape index (κ2) is 15.7. The van der Waals surface area contributed by atoms with Crippen molar-refractivity contribution in [3.05, 3.63) is 119 Å². The van der Waals surface area contributed by atoms with Crippen molar-refractivity contribution in [3.8, 4) is 11.5 Å². The highest BCUT2D eigenvalue weighted by molar-refractivity contribution is 6.07. The van der Waals surface area contributed by atoms with Crippen LogP contribution >= 0.6 is 0 Å². The molecule has 0 aromatic heterocycles. The number of carbonyl (C=O) groups excluding carboxylic acids is 1. The van der Waals surface area contributed by atoms with Crippen LogP contribution in [0.5, 0.6) is 11.5 Å². The first kappa shape index (κ1) is 33.6. The van der Waals surface area contributed by atoms with Crippen LogP contribution in [0.25, 0.3) is 0 Å². The van der Waals surface area contributed by atoms with Gasteiger partial charge >= 0.3 is 0 Å². The lowest BCUT2D eigenvalue weighted by atomic mass is 9.88. The number of hydrogen-bond acceptors (Lipinski definition) is 5. The molecule has 4 aromatic rings. The van der Waals surface area contributed by atoms with Crippen molar-refractivity contribution in [1.29, 1.82) is 0 Å². The van der Waals surface area contributed by atoms with Crippen LogP contribution in [-0.4, -0.2) is 42.6 Å². The molecule has 0 spiro atoms. The fraction of sp³-hybridized carbons (Fsp3) is 0.405. The Hall–Kier alpha value is -4.29. The van der Waals surface area contributed by atoms with E-state index in [1.165, 1.54) is 22.3 Å². The van der Waals surface area contributed by atoms with Crippen molar-refractivity contribution < 1.29 is 14.3 Å². The third-order valence-electron chi connectivity index (χ3n) is 9.78. The molecule has 0 radical (unpaired) electrons. The SMILES string of the molecule is CCC(CC)Oc1ccc(CNc2ccc3c(c2)N(C(=O)c2ccc(CN4CCC(c5ccccc5OC(C)C)CC4)cc2)CC3)cc1. The van der Waals surface area contributed by atoms with Gasteiger partial charge in [0.15, 0.2) is 0 Å². The number of likely N-dealkylation sites (tertiary alicyclic amines) is 1. The highest BCUT2D eigenvalue weighted by Gasteiger charge is 2.27. The fourth-order valence-corrected chi connectivity index (χ4v) is 6.99. The Morgan fingerprint density at radius 3 is 2.25 bits per heavy atom. The van der Waals surface area contributed by atoms with Gasteiger partial charge in [-0.25, -0.2) is 0 Å². The number of hydrogen-bond donors (Lipinski definition) is 1. The Labute approximate surface area is 287 Å². The van der Waals surface area contributed by atoms with Crippen molar-refractivity contribution in [2.75, 3.05) is 29.9 Å². The standard InChI is InChI=1S/C42H51N3O3/c1-5-37(6-2)48-38-19-13-31(14-20-38)28-43-36-18-17-34-23-26-45(40(34)27-36)42(46)35-15-11-32(12-16-35)29-44-24-21-33(22-25-44)39-9-7-8-10-41(39)47-30(3)4/h7-20,27,30,33,37,43H,5-6,21-26,28-29H2,1-4H3. The van der Waals surface area contributed by atoms with Gasteiger partial charge in [0.2, 0.25) is 0 Å². The molecule has 2 heterocycles. The first-order chi connectivity index (χ1) is 23.4. The Morgan fingerprint density at radius 2 is 1.54 bits per heavy atom. The van der Waals surface area contributed by atoms with E-state index in [9.17, 15) is 4.79 Å². The Kier molecular flexibility index (Phi) is 11.0. The third kappa shape index (κ3) is 8.22. The zero-order valence-electron chi connectivity index (χ0n) is 29.1. The van der Waals surface area contributed by atoms with Crippen molar-refractivity contribution in [2.45, 2.75) is 91.0 Å². The van der Waals surface area contributed by atoms with Gasteiger partial charge in [-0.05, 0) is 130 Å². The molecule has 1 fully saturated rings. The molecule has 2 aliphatic heterocycles. The lowest BCUT2D eigenvalue weighted by Crippen LogP contribution is -2.32. The van der Waals surface area contributed by atoms with Crippen LogP contribution in [0.2, 0.25) is 0 Å². The zero-order chi connectivity index (χ0) is 33.5. The van der Waals surface area contributed by atoms with Gasteiger partial charge in [-0.15, -0.1) is 0 Å². The number of fused-ring (bicyclic) bond motifs is 1. The van der Waals surface area contributed by atoms with Crippen LogP contribution < -0.4 is 19.7 Å². The Morgan fingerprint density at radius 1 is 0.833 bits per heavy atom. The second-order valence-corrected chi connectivity index (χ2v) is 13.6. The van der Waals surface area contributed by atoms with E-state index in [0.29, 0.717) is 19.0 Å². The summed E-state index contributed by atoms with van der Waals surface area (Å²) in [5, 5.41) is 3.55. The predicted octanol–water partition coefficient (Wildman–Crippen LogP) is 9.24. The van der Waals surface area contributed by atoms with Gasteiger partial charge in [-0.2, -0.15) is 0 Å². The summed E-state index contributed by atoms with van der Waals surface area (Å²) in [5.41, 5.74) is 7.75. The topological polar surface area (TPSA) is 54.0 Å². The van der Waals surface area contributed by atoms with Crippen LogP contribution in [0.4, 0.5) is 11.4 Å². The minimum absolute atomic E-state index is 0.0635. The van der Waals surface area contributed by atoms with Crippen molar-refractivity contribution in [3.63, 3.8) is 0 Å². The number of nitrogens with one attached hydrogen (secondary N) is 1. The number of piperidine rings is 1. The van der Waals surface area contributed by atoms with E-state index in [4.69, 9.17) is 9.47 Å². The molecule has 0 bridgehead atoms. The highest BCUT2D eigenvalue weighted by Crippen LogP contribution is 2.35. The van der Waals surface area contributed by atoms with E-state index in [-0.39, 0.29) is 18.1 Å². The van der Waals surface area contributed by atoms with Gasteiger partial charge in [0.25, 0.3) is 5.91 Å². The van der Waals surface area contributed by atoms with E-state index in [0.717, 1.165) is 80.2 Å². The molecule has 0 unspecified atom stereocenters. The normalized spacial score (nSPS) is 15.2. The van der Waals surface area contributed by atoms with E-state index in [2.05, 4.69) is 117 Å². The fourth-order valence-electron chi connectivity index (χ4n) is 6.99. The largest absolute Gasteiger partial charge is 0.491 e. The summed E-state index contributed by atoms with van der Waals surface area (Å²) in [5.74, 6) is 2.54. The predicted molar refractivity (Wildman–Crippen MR) is 196 cm³/mol. The van der Waals surface area contributed by atoms with Crippen LogP contribution in [0.3, 0.4) is 0 Å². The molecule has 6 rings (SSSR count). The molecule has 1 amide bonds. The van der Waals surface area contributed by atoms with E-state index >= 15 is 0 Å². The minimum atomic E-state index is 0.0635. The number of rotatable bonds is 13. The molecule has 252 valence electrons. The number of ether oxygens (including phenoxy) is 2. The summed E-state index contributed by atoms with van der Waals surface area (Å²) in [6.45, 7) is 12.9. The number of nitrogens with zero attached hydrogens (tertiary/aromatic N) is 2. The summed E-state index contributed by atoms with van der Waals surface area (Å²) in [6, 6.07) is 31.5.